The topological polar surface area (TPSA) is 315 Å². The summed E-state index contributed by atoms with van der Waals surface area (Å²) >= 11 is 0. The molecule has 3 saturated carbocycles. The number of allylic oxidation sites excluding steroid dienone is 1. The Morgan fingerprint density at radius 3 is 2.09 bits per heavy atom. The number of aliphatic hydroxyl groups is 8. The zero-order valence-corrected chi connectivity index (χ0v) is 44.0. The van der Waals surface area contributed by atoms with Gasteiger partial charge in [0, 0.05) is 52.1 Å². The second-order valence-corrected chi connectivity index (χ2v) is 23.1. The number of ether oxygens (including phenoxy) is 11. The smallest absolute Gasteiger partial charge is 0.303 e. The fourth-order valence-electron chi connectivity index (χ4n) is 14.7. The summed E-state index contributed by atoms with van der Waals surface area (Å²) in [7, 11) is 1.68. The highest BCUT2D eigenvalue weighted by molar-refractivity contribution is 5.68. The third kappa shape index (κ3) is 10.7. The van der Waals surface area contributed by atoms with E-state index in [-0.39, 0.29) is 60.1 Å². The van der Waals surface area contributed by atoms with Gasteiger partial charge in [-0.15, -0.1) is 0 Å². The summed E-state index contributed by atoms with van der Waals surface area (Å²) in [5, 5.41) is 84.7. The van der Waals surface area contributed by atoms with Gasteiger partial charge in [-0.05, 0) is 80.5 Å². The zero-order chi connectivity index (χ0) is 53.9. The van der Waals surface area contributed by atoms with Crippen LogP contribution in [0.3, 0.4) is 0 Å². The lowest BCUT2D eigenvalue weighted by Crippen LogP contribution is -2.66. The standard InChI is InChI=1S/C52H82O22/c1-22(20-66-47-42(62)41(61)39(59)34(19-53)70-47)12-15-52(64-9)23(2)37-33(74-52)18-32-30-11-10-28-16-29(57)17-36(51(28,8)31(30)13-14-50(32,37)7)72-49-46(73-48-43(63)40(60)38(58)24(3)67-48)45(69-27(6)56)44(68-26(5)55)35(71-49)21-65-25(4)54/h10,22-24,29-49,53,57-63H,11-21H2,1-9H3/t22-,23+,24+,29-,30+,31+,32-,33+,34-,35-,36-,37+,38+,39-,40-,41+,42-,43-,44+,45+,46-,47-,48+,49+,50+,51+,52-/m1/s1. The lowest BCUT2D eigenvalue weighted by Gasteiger charge is -2.60. The van der Waals surface area contributed by atoms with Crippen molar-refractivity contribution in [3.63, 3.8) is 0 Å². The number of methoxy groups -OCH3 is 1. The Kier molecular flexibility index (Phi) is 17.7. The molecule has 0 radical (unpaired) electrons. The molecule has 4 aliphatic carbocycles. The quantitative estimate of drug-likeness (QED) is 0.0593. The van der Waals surface area contributed by atoms with E-state index in [1.54, 1.807) is 7.11 Å². The van der Waals surface area contributed by atoms with Gasteiger partial charge in [-0.1, -0.05) is 39.3 Å². The van der Waals surface area contributed by atoms with Crippen LogP contribution in [0.2, 0.25) is 0 Å². The molecule has 0 aromatic rings. The Balaban J connectivity index is 1.02. The number of aliphatic hydroxyl groups excluding tert-OH is 8. The molecule has 74 heavy (non-hydrogen) atoms. The summed E-state index contributed by atoms with van der Waals surface area (Å²) < 4.78 is 67.7. The van der Waals surface area contributed by atoms with E-state index in [4.69, 9.17) is 52.1 Å². The normalized spacial score (nSPS) is 49.3. The number of carbonyl (C=O) groups is 3. The molecule has 7 fully saturated rings. The molecular weight excluding hydrogens is 977 g/mol. The highest BCUT2D eigenvalue weighted by Gasteiger charge is 2.69. The number of hydrogen-bond donors (Lipinski definition) is 8. The van der Waals surface area contributed by atoms with Gasteiger partial charge in [-0.25, -0.2) is 0 Å². The van der Waals surface area contributed by atoms with E-state index >= 15 is 0 Å². The van der Waals surface area contributed by atoms with Crippen LogP contribution >= 0.6 is 0 Å². The van der Waals surface area contributed by atoms with E-state index in [1.807, 2.05) is 6.92 Å². The minimum atomic E-state index is -1.80. The first-order chi connectivity index (χ1) is 34.9. The van der Waals surface area contributed by atoms with Gasteiger partial charge in [0.05, 0.1) is 37.6 Å². The maximum Gasteiger partial charge on any atom is 0.303 e. The van der Waals surface area contributed by atoms with Gasteiger partial charge in [0.15, 0.2) is 43.0 Å². The maximum absolute atomic E-state index is 12.9. The first kappa shape index (κ1) is 57.7. The SMILES string of the molecule is CO[C@]1(CC[C@@H](C)CO[C@@H]2O[C@H](CO)[C@@H](O)[C@H](O)[C@H]2O)O[C@H]2C[C@@H]3[C@H]4CC=C5C[C@@H](O)C[C@@H](O[C@@H]6O[C@H](COC(C)=O)[C@H](OC(C)=O)[C@H](OC(C)=O)[C@H]6O[C@@H]6O[C@@H](C)[C@H](O)[C@@H](O)[C@H]6O)[C@]5(C)[C@H]4CC[C@]3(C)[C@H]2[C@@H]1C. The van der Waals surface area contributed by atoms with Gasteiger partial charge >= 0.3 is 17.9 Å². The molecule has 0 aromatic carbocycles. The van der Waals surface area contributed by atoms with Crippen molar-refractivity contribution in [1.29, 1.82) is 0 Å². The lowest BCUT2D eigenvalue weighted by atomic mass is 9.46. The molecule has 4 heterocycles. The molecule has 0 unspecified atom stereocenters. The number of fused-ring (bicyclic) bond motifs is 7. The van der Waals surface area contributed by atoms with E-state index in [0.717, 1.165) is 45.1 Å². The summed E-state index contributed by atoms with van der Waals surface area (Å²) in [6.07, 6.45) is -16.0. The molecule has 22 nitrogen and oxygen atoms in total. The molecule has 0 bridgehead atoms. The molecule has 22 heteroatoms. The first-order valence-electron chi connectivity index (χ1n) is 26.5. The second-order valence-electron chi connectivity index (χ2n) is 23.1. The number of carbonyl (C=O) groups excluding carboxylic acids is 3. The molecule has 0 aromatic heterocycles. The van der Waals surface area contributed by atoms with Crippen molar-refractivity contribution in [1.82, 2.24) is 0 Å². The minimum Gasteiger partial charge on any atom is -0.463 e. The third-order valence-electron chi connectivity index (χ3n) is 18.6. The molecule has 4 aliphatic heterocycles. The van der Waals surface area contributed by atoms with Gasteiger partial charge in [0.1, 0.15) is 55.4 Å². The van der Waals surface area contributed by atoms with Crippen LogP contribution in [-0.4, -0.2) is 202 Å². The average Bonchev–Trinajstić information content (AvgIpc) is 3.81. The zero-order valence-electron chi connectivity index (χ0n) is 44.0. The fourth-order valence-corrected chi connectivity index (χ4v) is 14.7. The van der Waals surface area contributed by atoms with Crippen LogP contribution in [0.15, 0.2) is 11.6 Å². The van der Waals surface area contributed by atoms with Crippen molar-refractivity contribution in [2.24, 2.45) is 46.3 Å². The summed E-state index contributed by atoms with van der Waals surface area (Å²) in [5.74, 6) is -2.52. The van der Waals surface area contributed by atoms with E-state index in [9.17, 15) is 55.2 Å². The molecule has 27 atom stereocenters. The van der Waals surface area contributed by atoms with E-state index in [1.165, 1.54) is 13.8 Å². The van der Waals surface area contributed by atoms with Crippen molar-refractivity contribution in [2.45, 2.75) is 223 Å². The largest absolute Gasteiger partial charge is 0.463 e. The average molecular weight is 1060 g/mol. The van der Waals surface area contributed by atoms with Crippen LogP contribution in [0.4, 0.5) is 0 Å². The summed E-state index contributed by atoms with van der Waals surface area (Å²) in [6, 6.07) is 0. The molecule has 8 aliphatic rings. The van der Waals surface area contributed by atoms with Crippen molar-refractivity contribution in [3.05, 3.63) is 11.6 Å². The van der Waals surface area contributed by atoms with E-state index in [0.29, 0.717) is 19.3 Å². The van der Waals surface area contributed by atoms with Crippen LogP contribution in [0.1, 0.15) is 107 Å². The van der Waals surface area contributed by atoms with Crippen LogP contribution < -0.4 is 0 Å². The molecule has 422 valence electrons. The van der Waals surface area contributed by atoms with E-state index < -0.39 is 147 Å². The van der Waals surface area contributed by atoms with Crippen LogP contribution in [0.5, 0.6) is 0 Å². The summed E-state index contributed by atoms with van der Waals surface area (Å²) in [4.78, 5) is 37.8. The molecule has 4 saturated heterocycles. The van der Waals surface area contributed by atoms with Gasteiger partial charge in [-0.2, -0.15) is 0 Å². The van der Waals surface area contributed by atoms with Crippen molar-refractivity contribution in [2.75, 3.05) is 26.9 Å². The maximum atomic E-state index is 12.9. The number of esters is 3. The van der Waals surface area contributed by atoms with E-state index in [2.05, 4.69) is 26.8 Å². The highest BCUT2D eigenvalue weighted by atomic mass is 16.8. The van der Waals surface area contributed by atoms with Crippen molar-refractivity contribution in [3.8, 4) is 0 Å². The Morgan fingerprint density at radius 1 is 0.770 bits per heavy atom. The Labute approximate surface area is 432 Å². The second kappa shape index (κ2) is 22.7. The highest BCUT2D eigenvalue weighted by Crippen LogP contribution is 2.70. The Bertz CT molecular complexity index is 2010. The van der Waals surface area contributed by atoms with Crippen LogP contribution in [0.25, 0.3) is 0 Å². The molecule has 8 rings (SSSR count). The van der Waals surface area contributed by atoms with Gasteiger partial charge in [-0.3, -0.25) is 14.4 Å². The van der Waals surface area contributed by atoms with Gasteiger partial charge < -0.3 is 93.0 Å². The number of hydrogen-bond acceptors (Lipinski definition) is 22. The molecule has 0 amide bonds. The van der Waals surface area contributed by atoms with Crippen LogP contribution in [-0.2, 0) is 66.5 Å². The minimum absolute atomic E-state index is 0.00844. The van der Waals surface area contributed by atoms with Crippen LogP contribution in [0, 0.1) is 46.3 Å². The Hall–Kier alpha value is -2.49. The fraction of sp³-hybridized carbons (Fsp3) is 0.904. The monoisotopic (exact) mass is 1060 g/mol. The summed E-state index contributed by atoms with van der Waals surface area (Å²) in [6.45, 7) is 12.9. The molecule has 8 N–H and O–H groups in total. The van der Waals surface area contributed by atoms with Crippen molar-refractivity contribution >= 4 is 17.9 Å². The lowest BCUT2D eigenvalue weighted by molar-refractivity contribution is -0.375. The van der Waals surface area contributed by atoms with Gasteiger partial charge in [0.2, 0.25) is 0 Å². The summed E-state index contributed by atoms with van der Waals surface area (Å²) in [5.41, 5.74) is 0.216. The van der Waals surface area contributed by atoms with Gasteiger partial charge in [0.25, 0.3) is 0 Å². The third-order valence-corrected chi connectivity index (χ3v) is 18.6. The predicted molar refractivity (Wildman–Crippen MR) is 252 cm³/mol. The predicted octanol–water partition coefficient (Wildman–Crippen LogP) is 0.506. The van der Waals surface area contributed by atoms with Crippen molar-refractivity contribution < 1.29 is 107 Å². The molecular formula is C52H82O22. The Morgan fingerprint density at radius 2 is 1.43 bits per heavy atom. The first-order valence-corrected chi connectivity index (χ1v) is 26.5. The number of rotatable bonds is 16. The molecule has 0 spiro atoms.